The molecule has 2 N–H and O–H groups in total. The van der Waals surface area contributed by atoms with Crippen LogP contribution in [-0.2, 0) is 22.6 Å². The molecule has 1 aliphatic rings. The molecular weight excluding hydrogens is 197 g/mol. The molecule has 4 heteroatoms. The Hall–Kier alpha value is -0.970. The molecule has 0 unspecified atom stereocenters. The third-order valence-corrected chi connectivity index (χ3v) is 2.46. The van der Waals surface area contributed by atoms with Crippen LogP contribution in [-0.4, -0.2) is 19.3 Å². The van der Waals surface area contributed by atoms with Crippen molar-refractivity contribution in [1.29, 1.82) is 0 Å². The summed E-state index contributed by atoms with van der Waals surface area (Å²) in [6.45, 7) is 1.72. The zero-order valence-corrected chi connectivity index (χ0v) is 8.41. The van der Waals surface area contributed by atoms with E-state index in [1.807, 2.05) is 0 Å². The van der Waals surface area contributed by atoms with E-state index in [-0.39, 0.29) is 25.1 Å². The van der Waals surface area contributed by atoms with E-state index in [4.69, 9.17) is 15.2 Å². The highest BCUT2D eigenvalue weighted by Gasteiger charge is 2.19. The largest absolute Gasteiger partial charge is 0.376 e. The number of rotatable bonds is 4. The first-order valence-electron chi connectivity index (χ1n) is 4.97. The molecule has 1 heterocycles. The highest BCUT2D eigenvalue weighted by atomic mass is 19.1. The summed E-state index contributed by atoms with van der Waals surface area (Å²) in [5, 5.41) is 0. The van der Waals surface area contributed by atoms with Gasteiger partial charge in [-0.15, -0.1) is 0 Å². The van der Waals surface area contributed by atoms with E-state index >= 15 is 0 Å². The Balaban J connectivity index is 2.00. The molecule has 15 heavy (non-hydrogen) atoms. The minimum Gasteiger partial charge on any atom is -0.376 e. The fourth-order valence-electron chi connectivity index (χ4n) is 1.42. The predicted octanol–water partition coefficient (Wildman–Crippen LogP) is 1.20. The second-order valence-corrected chi connectivity index (χ2v) is 3.56. The van der Waals surface area contributed by atoms with Gasteiger partial charge in [-0.2, -0.15) is 0 Å². The van der Waals surface area contributed by atoms with Crippen LogP contribution in [0.5, 0.6) is 0 Å². The Kier molecular flexibility index (Phi) is 3.30. The minimum absolute atomic E-state index is 0.117. The van der Waals surface area contributed by atoms with Crippen LogP contribution in [0.15, 0.2) is 18.2 Å². The molecule has 0 amide bonds. The zero-order valence-electron chi connectivity index (χ0n) is 8.41. The van der Waals surface area contributed by atoms with Gasteiger partial charge in [0, 0.05) is 17.7 Å². The van der Waals surface area contributed by atoms with Gasteiger partial charge in [-0.05, 0) is 0 Å². The number of ether oxygens (including phenoxy) is 2. The Morgan fingerprint density at radius 3 is 2.73 bits per heavy atom. The van der Waals surface area contributed by atoms with Gasteiger partial charge in [0.25, 0.3) is 0 Å². The first kappa shape index (κ1) is 10.5. The monoisotopic (exact) mass is 211 g/mol. The molecule has 0 aromatic heterocycles. The summed E-state index contributed by atoms with van der Waals surface area (Å²) >= 11 is 0. The summed E-state index contributed by atoms with van der Waals surface area (Å²) in [7, 11) is 0. The van der Waals surface area contributed by atoms with Crippen molar-refractivity contribution in [1.82, 2.24) is 0 Å². The number of hydrogen-bond donors (Lipinski definition) is 1. The van der Waals surface area contributed by atoms with Crippen molar-refractivity contribution < 1.29 is 13.9 Å². The molecule has 0 bridgehead atoms. The van der Waals surface area contributed by atoms with Crippen molar-refractivity contribution in [2.24, 2.45) is 5.73 Å². The van der Waals surface area contributed by atoms with Crippen molar-refractivity contribution in [2.45, 2.75) is 19.3 Å². The molecule has 0 radical (unpaired) electrons. The smallest absolute Gasteiger partial charge is 0.133 e. The molecule has 1 aliphatic heterocycles. The van der Waals surface area contributed by atoms with Crippen LogP contribution in [0.4, 0.5) is 4.39 Å². The maximum atomic E-state index is 13.7. The SMILES string of the molecule is NCc1cccc(COC2COC2)c1F. The van der Waals surface area contributed by atoms with Gasteiger partial charge in [-0.3, -0.25) is 0 Å². The van der Waals surface area contributed by atoms with E-state index in [0.717, 1.165) is 0 Å². The van der Waals surface area contributed by atoms with Gasteiger partial charge in [0.1, 0.15) is 11.9 Å². The van der Waals surface area contributed by atoms with E-state index < -0.39 is 0 Å². The van der Waals surface area contributed by atoms with E-state index in [1.54, 1.807) is 18.2 Å². The lowest BCUT2D eigenvalue weighted by molar-refractivity contribution is -0.135. The topological polar surface area (TPSA) is 44.5 Å². The molecule has 1 fully saturated rings. The van der Waals surface area contributed by atoms with Crippen molar-refractivity contribution in [3.05, 3.63) is 35.1 Å². The first-order chi connectivity index (χ1) is 7.31. The van der Waals surface area contributed by atoms with E-state index in [9.17, 15) is 4.39 Å². The van der Waals surface area contributed by atoms with Gasteiger partial charge < -0.3 is 15.2 Å². The molecule has 0 aliphatic carbocycles. The molecule has 0 saturated carbocycles. The lowest BCUT2D eigenvalue weighted by Crippen LogP contribution is -2.35. The molecule has 0 spiro atoms. The van der Waals surface area contributed by atoms with Crippen LogP contribution in [0.1, 0.15) is 11.1 Å². The molecule has 1 aromatic rings. The van der Waals surface area contributed by atoms with Gasteiger partial charge in [0.05, 0.1) is 19.8 Å². The Labute approximate surface area is 88.0 Å². The lowest BCUT2D eigenvalue weighted by Gasteiger charge is -2.26. The predicted molar refractivity (Wildman–Crippen MR) is 53.7 cm³/mol. The highest BCUT2D eigenvalue weighted by Crippen LogP contribution is 2.15. The highest BCUT2D eigenvalue weighted by molar-refractivity contribution is 5.25. The maximum Gasteiger partial charge on any atom is 0.133 e. The molecule has 1 saturated heterocycles. The standard InChI is InChI=1S/C11H14FNO2/c12-11-8(4-13)2-1-3-9(11)5-15-10-6-14-7-10/h1-3,10H,4-7,13H2. The summed E-state index contributed by atoms with van der Waals surface area (Å²) in [4.78, 5) is 0. The molecule has 3 nitrogen and oxygen atoms in total. The van der Waals surface area contributed by atoms with Gasteiger partial charge in [-0.1, -0.05) is 18.2 Å². The normalized spacial score (nSPS) is 16.4. The minimum atomic E-state index is -0.250. The van der Waals surface area contributed by atoms with Crippen LogP contribution in [0.3, 0.4) is 0 Å². The maximum absolute atomic E-state index is 13.7. The van der Waals surface area contributed by atoms with Crippen molar-refractivity contribution in [3.8, 4) is 0 Å². The number of halogens is 1. The van der Waals surface area contributed by atoms with E-state index in [2.05, 4.69) is 0 Å². The second-order valence-electron chi connectivity index (χ2n) is 3.56. The third kappa shape index (κ3) is 2.34. The number of nitrogens with two attached hydrogens (primary N) is 1. The lowest BCUT2D eigenvalue weighted by atomic mass is 10.1. The van der Waals surface area contributed by atoms with Crippen LogP contribution in [0.2, 0.25) is 0 Å². The van der Waals surface area contributed by atoms with Crippen LogP contribution >= 0.6 is 0 Å². The van der Waals surface area contributed by atoms with Crippen molar-refractivity contribution in [3.63, 3.8) is 0 Å². The molecule has 1 aromatic carbocycles. The first-order valence-corrected chi connectivity index (χ1v) is 4.97. The van der Waals surface area contributed by atoms with Crippen LogP contribution in [0, 0.1) is 5.82 Å². The Bertz CT molecular complexity index is 339. The van der Waals surface area contributed by atoms with Crippen LogP contribution < -0.4 is 5.73 Å². The van der Waals surface area contributed by atoms with E-state index in [1.165, 1.54) is 0 Å². The molecule has 2 rings (SSSR count). The van der Waals surface area contributed by atoms with Crippen molar-refractivity contribution in [2.75, 3.05) is 13.2 Å². The molecular formula is C11H14FNO2. The second kappa shape index (κ2) is 4.70. The summed E-state index contributed by atoms with van der Waals surface area (Å²) in [6, 6.07) is 5.19. The third-order valence-electron chi connectivity index (χ3n) is 2.46. The Morgan fingerprint density at radius 1 is 1.40 bits per heavy atom. The fourth-order valence-corrected chi connectivity index (χ4v) is 1.42. The summed E-state index contributed by atoms with van der Waals surface area (Å²) in [6.07, 6.45) is 0.117. The zero-order chi connectivity index (χ0) is 10.7. The molecule has 82 valence electrons. The van der Waals surface area contributed by atoms with Crippen molar-refractivity contribution >= 4 is 0 Å². The number of hydrogen-bond acceptors (Lipinski definition) is 3. The van der Waals surface area contributed by atoms with E-state index in [0.29, 0.717) is 24.3 Å². The average molecular weight is 211 g/mol. The summed E-state index contributed by atoms with van der Waals surface area (Å²) in [5.41, 5.74) is 6.50. The fraction of sp³-hybridized carbons (Fsp3) is 0.455. The summed E-state index contributed by atoms with van der Waals surface area (Å²) in [5.74, 6) is -0.250. The van der Waals surface area contributed by atoms with Gasteiger partial charge in [0.15, 0.2) is 0 Å². The average Bonchev–Trinajstić information content (AvgIpc) is 2.18. The number of benzene rings is 1. The Morgan fingerprint density at radius 2 is 2.13 bits per heavy atom. The molecule has 0 atom stereocenters. The summed E-state index contributed by atoms with van der Waals surface area (Å²) < 4.78 is 24.1. The van der Waals surface area contributed by atoms with Gasteiger partial charge in [-0.25, -0.2) is 4.39 Å². The quantitative estimate of drug-likeness (QED) is 0.813. The van der Waals surface area contributed by atoms with Crippen LogP contribution in [0.25, 0.3) is 0 Å². The van der Waals surface area contributed by atoms with Gasteiger partial charge >= 0.3 is 0 Å². The van der Waals surface area contributed by atoms with Gasteiger partial charge in [0.2, 0.25) is 0 Å².